The van der Waals surface area contributed by atoms with Crippen LogP contribution in [0.2, 0.25) is 10.0 Å². The van der Waals surface area contributed by atoms with Gasteiger partial charge in [0.15, 0.2) is 0 Å². The Morgan fingerprint density at radius 2 is 1.47 bits per heavy atom. The molecule has 236 valence electrons. The quantitative estimate of drug-likeness (QED) is 0.166. The number of benzene rings is 4. The number of aryl methyl sites for hydroxylation is 1. The summed E-state index contributed by atoms with van der Waals surface area (Å²) in [6.07, 6.45) is 0.939. The van der Waals surface area contributed by atoms with E-state index in [0.717, 1.165) is 21.0 Å². The van der Waals surface area contributed by atoms with Crippen LogP contribution in [0.5, 0.6) is 0 Å². The van der Waals surface area contributed by atoms with E-state index in [1.54, 1.807) is 18.2 Å². The summed E-state index contributed by atoms with van der Waals surface area (Å²) in [6, 6.07) is 28.3. The van der Waals surface area contributed by atoms with E-state index in [1.165, 1.54) is 35.2 Å². The van der Waals surface area contributed by atoms with Crippen LogP contribution in [0.15, 0.2) is 108 Å². The average molecular weight is 667 g/mol. The van der Waals surface area contributed by atoms with Gasteiger partial charge in [0.2, 0.25) is 11.8 Å². The molecule has 0 bridgehead atoms. The van der Waals surface area contributed by atoms with Crippen molar-refractivity contribution in [2.45, 2.75) is 57.1 Å². The fourth-order valence-electron chi connectivity index (χ4n) is 4.89. The van der Waals surface area contributed by atoms with Crippen LogP contribution in [0.25, 0.3) is 0 Å². The SMILES string of the molecule is CCC(C)NC(=O)C(Cc1ccccc1)N(Cc1cccc(C)c1)C(=O)CN(c1ccc(Cl)c(Cl)c1)S(=O)(=O)c1ccccc1. The van der Waals surface area contributed by atoms with Crippen molar-refractivity contribution in [3.05, 3.63) is 130 Å². The molecule has 0 heterocycles. The molecule has 1 N–H and O–H groups in total. The van der Waals surface area contributed by atoms with Gasteiger partial charge in [-0.1, -0.05) is 108 Å². The van der Waals surface area contributed by atoms with Gasteiger partial charge in [-0.3, -0.25) is 13.9 Å². The van der Waals surface area contributed by atoms with Crippen molar-refractivity contribution in [1.82, 2.24) is 10.2 Å². The molecule has 4 aromatic carbocycles. The van der Waals surface area contributed by atoms with Gasteiger partial charge in [-0.15, -0.1) is 0 Å². The van der Waals surface area contributed by atoms with E-state index in [1.807, 2.05) is 75.4 Å². The van der Waals surface area contributed by atoms with Crippen LogP contribution in [-0.2, 0) is 32.6 Å². The Balaban J connectivity index is 1.82. The lowest BCUT2D eigenvalue weighted by atomic mass is 10.0. The minimum atomic E-state index is -4.24. The fourth-order valence-corrected chi connectivity index (χ4v) is 6.61. The third-order valence-corrected chi connectivity index (χ3v) is 10.0. The number of nitrogens with one attached hydrogen (secondary N) is 1. The number of sulfonamides is 1. The molecule has 0 fully saturated rings. The van der Waals surface area contributed by atoms with Gasteiger partial charge < -0.3 is 10.2 Å². The largest absolute Gasteiger partial charge is 0.352 e. The van der Waals surface area contributed by atoms with Gasteiger partial charge in [-0.25, -0.2) is 8.42 Å². The molecule has 0 spiro atoms. The Labute approximate surface area is 275 Å². The predicted molar refractivity (Wildman–Crippen MR) is 181 cm³/mol. The first-order valence-corrected chi connectivity index (χ1v) is 16.9. The monoisotopic (exact) mass is 665 g/mol. The van der Waals surface area contributed by atoms with Crippen LogP contribution in [0.3, 0.4) is 0 Å². The summed E-state index contributed by atoms with van der Waals surface area (Å²) in [5.74, 6) is -0.872. The molecule has 0 aliphatic rings. The van der Waals surface area contributed by atoms with Crippen LogP contribution in [0, 0.1) is 6.92 Å². The minimum absolute atomic E-state index is 0.00413. The third-order valence-electron chi connectivity index (χ3n) is 7.51. The molecule has 45 heavy (non-hydrogen) atoms. The van der Waals surface area contributed by atoms with E-state index < -0.39 is 28.5 Å². The van der Waals surface area contributed by atoms with Crippen molar-refractivity contribution in [1.29, 1.82) is 0 Å². The number of anilines is 1. The number of halogens is 2. The lowest BCUT2D eigenvalue weighted by Gasteiger charge is -2.34. The Kier molecular flexibility index (Phi) is 11.7. The Morgan fingerprint density at radius 3 is 2.09 bits per heavy atom. The highest BCUT2D eigenvalue weighted by molar-refractivity contribution is 7.92. The van der Waals surface area contributed by atoms with Crippen LogP contribution >= 0.6 is 23.2 Å². The van der Waals surface area contributed by atoms with Crippen molar-refractivity contribution in [3.8, 4) is 0 Å². The van der Waals surface area contributed by atoms with Gasteiger partial charge in [0.05, 0.1) is 20.6 Å². The van der Waals surface area contributed by atoms with Gasteiger partial charge in [0.25, 0.3) is 10.0 Å². The second-order valence-electron chi connectivity index (χ2n) is 11.0. The molecule has 0 radical (unpaired) electrons. The van der Waals surface area contributed by atoms with Crippen molar-refractivity contribution in [2.24, 2.45) is 0 Å². The Hall–Kier alpha value is -3.85. The zero-order chi connectivity index (χ0) is 32.6. The van der Waals surface area contributed by atoms with E-state index in [2.05, 4.69) is 5.32 Å². The average Bonchev–Trinajstić information content (AvgIpc) is 3.03. The number of hydrogen-bond acceptors (Lipinski definition) is 4. The van der Waals surface area contributed by atoms with Crippen LogP contribution < -0.4 is 9.62 Å². The standard InChI is InChI=1S/C35H37Cl2N3O4S/c1-4-26(3)38-35(42)33(21-27-13-7-5-8-14-27)39(23-28-15-11-12-25(2)20-28)34(41)24-40(29-18-19-31(36)32(37)22-29)45(43,44)30-16-9-6-10-17-30/h5-20,22,26,33H,4,21,23-24H2,1-3H3,(H,38,42). The Bertz CT molecular complexity index is 1720. The number of nitrogens with zero attached hydrogens (tertiary/aromatic N) is 2. The normalized spacial score (nSPS) is 12.6. The summed E-state index contributed by atoms with van der Waals surface area (Å²) >= 11 is 12.5. The second kappa shape index (κ2) is 15.4. The van der Waals surface area contributed by atoms with Gasteiger partial charge in [0, 0.05) is 19.0 Å². The molecule has 4 rings (SSSR count). The number of carbonyl (C=O) groups is 2. The summed E-state index contributed by atoms with van der Waals surface area (Å²) in [5, 5.41) is 3.43. The highest BCUT2D eigenvalue weighted by Crippen LogP contribution is 2.31. The lowest BCUT2D eigenvalue weighted by molar-refractivity contribution is -0.140. The van der Waals surface area contributed by atoms with Crippen LogP contribution in [0.1, 0.15) is 37.0 Å². The van der Waals surface area contributed by atoms with Crippen molar-refractivity contribution in [2.75, 3.05) is 10.8 Å². The molecule has 4 aromatic rings. The van der Waals surface area contributed by atoms with Crippen molar-refractivity contribution in [3.63, 3.8) is 0 Å². The topological polar surface area (TPSA) is 86.8 Å². The lowest BCUT2D eigenvalue weighted by Crippen LogP contribution is -2.54. The molecule has 0 aromatic heterocycles. The van der Waals surface area contributed by atoms with Gasteiger partial charge in [0.1, 0.15) is 12.6 Å². The first-order chi connectivity index (χ1) is 21.5. The third kappa shape index (κ3) is 8.87. The maximum Gasteiger partial charge on any atom is 0.264 e. The molecule has 0 aliphatic carbocycles. The second-order valence-corrected chi connectivity index (χ2v) is 13.6. The zero-order valence-electron chi connectivity index (χ0n) is 25.5. The molecule has 10 heteroatoms. The highest BCUT2D eigenvalue weighted by Gasteiger charge is 2.35. The molecule has 2 unspecified atom stereocenters. The smallest absolute Gasteiger partial charge is 0.264 e. The van der Waals surface area contributed by atoms with E-state index in [0.29, 0.717) is 6.42 Å². The highest BCUT2D eigenvalue weighted by atomic mass is 35.5. The number of hydrogen-bond donors (Lipinski definition) is 1. The van der Waals surface area contributed by atoms with E-state index in [4.69, 9.17) is 23.2 Å². The van der Waals surface area contributed by atoms with E-state index in [-0.39, 0.29) is 45.5 Å². The van der Waals surface area contributed by atoms with E-state index in [9.17, 15) is 18.0 Å². The van der Waals surface area contributed by atoms with Crippen molar-refractivity contribution >= 4 is 50.7 Å². The minimum Gasteiger partial charge on any atom is -0.352 e. The summed E-state index contributed by atoms with van der Waals surface area (Å²) in [7, 11) is -4.24. The van der Waals surface area contributed by atoms with Crippen LogP contribution in [0.4, 0.5) is 5.69 Å². The van der Waals surface area contributed by atoms with Gasteiger partial charge in [-0.05, 0) is 61.7 Å². The van der Waals surface area contributed by atoms with Crippen molar-refractivity contribution < 1.29 is 18.0 Å². The first kappa shape index (κ1) is 34.0. The summed E-state index contributed by atoms with van der Waals surface area (Å²) in [5.41, 5.74) is 2.83. The first-order valence-electron chi connectivity index (χ1n) is 14.7. The zero-order valence-corrected chi connectivity index (χ0v) is 27.8. The number of rotatable bonds is 13. The number of amides is 2. The maximum absolute atomic E-state index is 14.5. The Morgan fingerprint density at radius 1 is 0.822 bits per heavy atom. The van der Waals surface area contributed by atoms with Crippen LogP contribution in [-0.4, -0.2) is 43.8 Å². The molecule has 0 saturated heterocycles. The molecule has 0 saturated carbocycles. The molecule has 0 aliphatic heterocycles. The molecular formula is C35H37Cl2N3O4S. The predicted octanol–water partition coefficient (Wildman–Crippen LogP) is 7.05. The van der Waals surface area contributed by atoms with Gasteiger partial charge in [-0.2, -0.15) is 0 Å². The fraction of sp³-hybridized carbons (Fsp3) is 0.257. The number of carbonyl (C=O) groups excluding carboxylic acids is 2. The van der Waals surface area contributed by atoms with E-state index >= 15 is 0 Å². The maximum atomic E-state index is 14.5. The molecular weight excluding hydrogens is 629 g/mol. The summed E-state index contributed by atoms with van der Waals surface area (Å²) < 4.78 is 29.2. The summed E-state index contributed by atoms with van der Waals surface area (Å²) in [6.45, 7) is 5.33. The molecule has 2 atom stereocenters. The molecule has 2 amide bonds. The molecule has 7 nitrogen and oxygen atoms in total. The summed E-state index contributed by atoms with van der Waals surface area (Å²) in [4.78, 5) is 29.9. The van der Waals surface area contributed by atoms with Gasteiger partial charge >= 0.3 is 0 Å².